The van der Waals surface area contributed by atoms with E-state index >= 15 is 0 Å². The van der Waals surface area contributed by atoms with Crippen LogP contribution >= 0.6 is 0 Å². The highest BCUT2D eigenvalue weighted by molar-refractivity contribution is 6.01. The van der Waals surface area contributed by atoms with Crippen LogP contribution < -0.4 is 0 Å². The molecule has 0 aliphatic carbocycles. The molecule has 0 atom stereocenters. The van der Waals surface area contributed by atoms with E-state index in [1.165, 1.54) is 44.5 Å². The lowest BCUT2D eigenvalue weighted by molar-refractivity contribution is 0.916. The van der Waals surface area contributed by atoms with Crippen LogP contribution in [0, 0.1) is 34.6 Å². The summed E-state index contributed by atoms with van der Waals surface area (Å²) in [6, 6.07) is 10.9. The second kappa shape index (κ2) is 4.72. The van der Waals surface area contributed by atoms with E-state index in [-0.39, 0.29) is 0 Å². The van der Waals surface area contributed by atoms with E-state index in [1.54, 1.807) is 0 Å². The fourth-order valence-electron chi connectivity index (χ4n) is 3.74. The third kappa shape index (κ3) is 1.93. The number of fused-ring (bicyclic) bond motifs is 3. The minimum absolute atomic E-state index is 1.08. The SMILES string of the molecule is Cc1ccc(-n2c(C)c3c(C)nn4cc(C)cc4c3c2C)cc1. The Morgan fingerprint density at radius 3 is 2.13 bits per heavy atom. The van der Waals surface area contributed by atoms with Crippen LogP contribution in [0.4, 0.5) is 0 Å². The molecule has 0 radical (unpaired) electrons. The van der Waals surface area contributed by atoms with Crippen molar-refractivity contribution in [1.29, 1.82) is 0 Å². The number of benzene rings is 1. The molecule has 0 N–H and O–H groups in total. The van der Waals surface area contributed by atoms with Gasteiger partial charge in [-0.3, -0.25) is 0 Å². The first-order valence-corrected chi connectivity index (χ1v) is 8.01. The van der Waals surface area contributed by atoms with Gasteiger partial charge in [-0.1, -0.05) is 17.7 Å². The number of nitrogens with zero attached hydrogens (tertiary/aromatic N) is 3. The van der Waals surface area contributed by atoms with Crippen LogP contribution in [0.5, 0.6) is 0 Å². The van der Waals surface area contributed by atoms with E-state index in [9.17, 15) is 0 Å². The van der Waals surface area contributed by atoms with Gasteiger partial charge in [0.15, 0.2) is 0 Å². The number of rotatable bonds is 1. The summed E-state index contributed by atoms with van der Waals surface area (Å²) in [5, 5.41) is 7.33. The van der Waals surface area contributed by atoms with E-state index in [1.807, 2.05) is 4.52 Å². The number of hydrogen-bond acceptors (Lipinski definition) is 1. The fraction of sp³-hybridized carbons (Fsp3) is 0.250. The van der Waals surface area contributed by atoms with Crippen LogP contribution in [0.15, 0.2) is 36.5 Å². The van der Waals surface area contributed by atoms with Crippen molar-refractivity contribution in [1.82, 2.24) is 14.2 Å². The smallest absolute Gasteiger partial charge is 0.0746 e. The second-order valence-electron chi connectivity index (χ2n) is 6.52. The van der Waals surface area contributed by atoms with Crippen LogP contribution in [0.3, 0.4) is 0 Å². The Labute approximate surface area is 136 Å². The maximum absolute atomic E-state index is 4.75. The number of aromatic nitrogens is 3. The first-order chi connectivity index (χ1) is 11.0. The van der Waals surface area contributed by atoms with Gasteiger partial charge in [-0.05, 0) is 58.4 Å². The predicted molar refractivity (Wildman–Crippen MR) is 95.7 cm³/mol. The Hall–Kier alpha value is -2.55. The summed E-state index contributed by atoms with van der Waals surface area (Å²) in [4.78, 5) is 0. The highest BCUT2D eigenvalue weighted by atomic mass is 15.2. The highest BCUT2D eigenvalue weighted by Gasteiger charge is 2.18. The Morgan fingerprint density at radius 2 is 1.43 bits per heavy atom. The molecule has 0 aliphatic heterocycles. The van der Waals surface area contributed by atoms with E-state index in [4.69, 9.17) is 5.10 Å². The molecule has 116 valence electrons. The molecule has 4 rings (SSSR count). The largest absolute Gasteiger partial charge is 0.317 e. The third-order valence-electron chi connectivity index (χ3n) is 4.75. The van der Waals surface area contributed by atoms with E-state index in [0.29, 0.717) is 0 Å². The van der Waals surface area contributed by atoms with Gasteiger partial charge in [0.25, 0.3) is 0 Å². The maximum atomic E-state index is 4.75. The molecule has 1 aromatic carbocycles. The molecule has 0 unspecified atom stereocenters. The molecule has 0 spiro atoms. The molecule has 0 saturated heterocycles. The van der Waals surface area contributed by atoms with Crippen molar-refractivity contribution >= 4 is 16.3 Å². The van der Waals surface area contributed by atoms with Gasteiger partial charge in [0.2, 0.25) is 0 Å². The summed E-state index contributed by atoms with van der Waals surface area (Å²) < 4.78 is 4.36. The molecule has 0 aliphatic rings. The quantitative estimate of drug-likeness (QED) is 0.494. The lowest BCUT2D eigenvalue weighted by Crippen LogP contribution is -1.98. The Morgan fingerprint density at radius 1 is 0.783 bits per heavy atom. The minimum Gasteiger partial charge on any atom is -0.317 e. The van der Waals surface area contributed by atoms with Crippen molar-refractivity contribution < 1.29 is 0 Å². The molecule has 3 heterocycles. The fourth-order valence-corrected chi connectivity index (χ4v) is 3.74. The molecule has 4 aromatic rings. The first kappa shape index (κ1) is 14.1. The molecule has 0 saturated carbocycles. The highest BCUT2D eigenvalue weighted by Crippen LogP contribution is 2.33. The summed E-state index contributed by atoms with van der Waals surface area (Å²) in [6.07, 6.45) is 2.10. The van der Waals surface area contributed by atoms with Crippen molar-refractivity contribution in [3.8, 4) is 5.69 Å². The molecule has 3 aromatic heterocycles. The van der Waals surface area contributed by atoms with Crippen LogP contribution in [0.2, 0.25) is 0 Å². The lowest BCUT2D eigenvalue weighted by atomic mass is 10.1. The summed E-state index contributed by atoms with van der Waals surface area (Å²) in [7, 11) is 0. The predicted octanol–water partition coefficient (Wildman–Crippen LogP) is 4.82. The first-order valence-electron chi connectivity index (χ1n) is 8.01. The molecule has 23 heavy (non-hydrogen) atoms. The average Bonchev–Trinajstić information content (AvgIpc) is 2.98. The average molecular weight is 303 g/mol. The van der Waals surface area contributed by atoms with Crippen LogP contribution in [-0.4, -0.2) is 14.2 Å². The molecular weight excluding hydrogens is 282 g/mol. The Kier molecular flexibility index (Phi) is 2.89. The van der Waals surface area contributed by atoms with Gasteiger partial charge in [-0.15, -0.1) is 0 Å². The van der Waals surface area contributed by atoms with Crippen molar-refractivity contribution in [3.05, 3.63) is 64.7 Å². The van der Waals surface area contributed by atoms with Crippen LogP contribution in [0.25, 0.3) is 22.0 Å². The van der Waals surface area contributed by atoms with Crippen molar-refractivity contribution in [3.63, 3.8) is 0 Å². The molecule has 0 bridgehead atoms. The van der Waals surface area contributed by atoms with Crippen LogP contribution in [0.1, 0.15) is 28.2 Å². The lowest BCUT2D eigenvalue weighted by Gasteiger charge is -2.09. The monoisotopic (exact) mass is 303 g/mol. The standard InChI is InChI=1S/C20H21N3/c1-12-6-8-17(9-7-12)23-15(4)19-14(3)21-22-11-13(2)10-18(22)20(19)16(23)5/h6-11H,1-5H3. The maximum Gasteiger partial charge on any atom is 0.0746 e. The molecule has 3 heteroatoms. The molecule has 0 fully saturated rings. The van der Waals surface area contributed by atoms with Crippen molar-refractivity contribution in [2.75, 3.05) is 0 Å². The zero-order chi connectivity index (χ0) is 16.3. The Bertz CT molecular complexity index is 1050. The minimum atomic E-state index is 1.08. The molecule has 3 nitrogen and oxygen atoms in total. The molecular formula is C20H21N3. The topological polar surface area (TPSA) is 22.2 Å². The van der Waals surface area contributed by atoms with E-state index in [0.717, 1.165) is 5.69 Å². The van der Waals surface area contributed by atoms with Crippen LogP contribution in [-0.2, 0) is 0 Å². The van der Waals surface area contributed by atoms with E-state index < -0.39 is 0 Å². The summed E-state index contributed by atoms with van der Waals surface area (Å²) in [5.74, 6) is 0. The third-order valence-corrected chi connectivity index (χ3v) is 4.75. The van der Waals surface area contributed by atoms with Gasteiger partial charge >= 0.3 is 0 Å². The second-order valence-corrected chi connectivity index (χ2v) is 6.52. The van der Waals surface area contributed by atoms with Crippen molar-refractivity contribution in [2.45, 2.75) is 34.6 Å². The van der Waals surface area contributed by atoms with Gasteiger partial charge in [0.1, 0.15) is 0 Å². The van der Waals surface area contributed by atoms with Gasteiger partial charge in [0, 0.05) is 34.0 Å². The molecule has 0 amide bonds. The summed E-state index contributed by atoms with van der Waals surface area (Å²) in [5.41, 5.74) is 8.53. The van der Waals surface area contributed by atoms with Gasteiger partial charge in [-0.25, -0.2) is 4.52 Å². The zero-order valence-electron chi connectivity index (χ0n) is 14.3. The number of hydrogen-bond donors (Lipinski definition) is 0. The number of aryl methyl sites for hydroxylation is 5. The zero-order valence-corrected chi connectivity index (χ0v) is 14.3. The normalized spacial score (nSPS) is 11.7. The van der Waals surface area contributed by atoms with Gasteiger partial charge < -0.3 is 4.57 Å². The van der Waals surface area contributed by atoms with Crippen molar-refractivity contribution in [2.24, 2.45) is 0 Å². The summed E-state index contributed by atoms with van der Waals surface area (Å²) >= 11 is 0. The van der Waals surface area contributed by atoms with Gasteiger partial charge in [-0.2, -0.15) is 5.10 Å². The Balaban J connectivity index is 2.16. The van der Waals surface area contributed by atoms with E-state index in [2.05, 4.69) is 75.7 Å². The summed E-state index contributed by atoms with van der Waals surface area (Å²) in [6.45, 7) is 10.7. The van der Waals surface area contributed by atoms with Gasteiger partial charge in [0.05, 0.1) is 11.2 Å².